The molecule has 0 fully saturated rings. The number of hydrogen-bond acceptors (Lipinski definition) is 4. The number of carbonyl (C=O) groups excluding carboxylic acids is 1. The first-order valence-electron chi connectivity index (χ1n) is 6.21. The third-order valence-corrected chi connectivity index (χ3v) is 3.49. The standard InChI is InChI=1S/C15H16N2O2S/c1-11-5-3-6-12(2)15(11)19-10-14(18)17-16-9-13-7-4-8-20-13/h3-9H,10H2,1-2H3,(H,17,18)/b16-9+. The number of hydrazone groups is 1. The zero-order valence-electron chi connectivity index (χ0n) is 11.4. The minimum Gasteiger partial charge on any atom is -0.483 e. The van der Waals surface area contributed by atoms with E-state index in [1.807, 2.05) is 49.6 Å². The fraction of sp³-hybridized carbons (Fsp3) is 0.200. The molecule has 20 heavy (non-hydrogen) atoms. The molecule has 0 aliphatic rings. The van der Waals surface area contributed by atoms with Gasteiger partial charge in [0.05, 0.1) is 6.21 Å². The van der Waals surface area contributed by atoms with Gasteiger partial charge in [-0.1, -0.05) is 24.3 Å². The Hall–Kier alpha value is -2.14. The van der Waals surface area contributed by atoms with Gasteiger partial charge in [-0.15, -0.1) is 11.3 Å². The van der Waals surface area contributed by atoms with Gasteiger partial charge in [-0.2, -0.15) is 5.10 Å². The Kier molecular flexibility index (Phi) is 4.90. The van der Waals surface area contributed by atoms with Gasteiger partial charge in [-0.25, -0.2) is 5.43 Å². The first-order chi connectivity index (χ1) is 9.66. The maximum absolute atomic E-state index is 11.6. The minimum absolute atomic E-state index is 0.0481. The molecule has 0 spiro atoms. The van der Waals surface area contributed by atoms with Crippen molar-refractivity contribution in [3.8, 4) is 5.75 Å². The summed E-state index contributed by atoms with van der Waals surface area (Å²) in [5, 5.41) is 5.83. The summed E-state index contributed by atoms with van der Waals surface area (Å²) in [6.45, 7) is 3.86. The summed E-state index contributed by atoms with van der Waals surface area (Å²) in [5.74, 6) is 0.477. The van der Waals surface area contributed by atoms with Crippen LogP contribution in [0.3, 0.4) is 0 Å². The molecule has 1 N–H and O–H groups in total. The van der Waals surface area contributed by atoms with Crippen molar-refractivity contribution in [1.29, 1.82) is 0 Å². The van der Waals surface area contributed by atoms with Crippen molar-refractivity contribution in [3.05, 3.63) is 51.7 Å². The van der Waals surface area contributed by atoms with Crippen LogP contribution in [0.1, 0.15) is 16.0 Å². The normalized spacial score (nSPS) is 10.7. The van der Waals surface area contributed by atoms with E-state index in [0.717, 1.165) is 21.8 Å². The van der Waals surface area contributed by atoms with Crippen LogP contribution in [0, 0.1) is 13.8 Å². The molecular weight excluding hydrogens is 272 g/mol. The van der Waals surface area contributed by atoms with E-state index in [9.17, 15) is 4.79 Å². The average molecular weight is 288 g/mol. The summed E-state index contributed by atoms with van der Waals surface area (Å²) in [6.07, 6.45) is 1.61. The fourth-order valence-electron chi connectivity index (χ4n) is 1.73. The van der Waals surface area contributed by atoms with Gasteiger partial charge in [0.25, 0.3) is 5.91 Å². The molecule has 2 aromatic rings. The summed E-state index contributed by atoms with van der Waals surface area (Å²) in [4.78, 5) is 12.6. The number of rotatable bonds is 5. The van der Waals surface area contributed by atoms with Gasteiger partial charge in [-0.3, -0.25) is 4.79 Å². The summed E-state index contributed by atoms with van der Waals surface area (Å²) >= 11 is 1.56. The summed E-state index contributed by atoms with van der Waals surface area (Å²) in [7, 11) is 0. The van der Waals surface area contributed by atoms with Gasteiger partial charge in [0.15, 0.2) is 6.61 Å². The predicted molar refractivity (Wildman–Crippen MR) is 81.5 cm³/mol. The van der Waals surface area contributed by atoms with E-state index in [1.54, 1.807) is 17.6 Å². The van der Waals surface area contributed by atoms with E-state index in [4.69, 9.17) is 4.74 Å². The third-order valence-electron chi connectivity index (χ3n) is 2.68. The van der Waals surface area contributed by atoms with Gasteiger partial charge in [0.2, 0.25) is 0 Å². The molecule has 0 saturated carbocycles. The van der Waals surface area contributed by atoms with Crippen LogP contribution in [0.15, 0.2) is 40.8 Å². The second-order valence-electron chi connectivity index (χ2n) is 4.32. The van der Waals surface area contributed by atoms with E-state index < -0.39 is 0 Å². The average Bonchev–Trinajstić information content (AvgIpc) is 2.91. The Morgan fingerprint density at radius 3 is 2.70 bits per heavy atom. The number of nitrogens with zero attached hydrogens (tertiary/aromatic N) is 1. The smallest absolute Gasteiger partial charge is 0.277 e. The third kappa shape index (κ3) is 3.93. The maximum atomic E-state index is 11.6. The molecule has 0 aliphatic heterocycles. The molecule has 0 radical (unpaired) electrons. The van der Waals surface area contributed by atoms with Gasteiger partial charge in [0, 0.05) is 4.88 Å². The summed E-state index contributed by atoms with van der Waals surface area (Å²) in [5.41, 5.74) is 4.47. The summed E-state index contributed by atoms with van der Waals surface area (Å²) < 4.78 is 5.53. The largest absolute Gasteiger partial charge is 0.483 e. The number of ether oxygens (including phenoxy) is 1. The zero-order valence-corrected chi connectivity index (χ0v) is 12.2. The van der Waals surface area contributed by atoms with Crippen LogP contribution in [0.25, 0.3) is 0 Å². The number of thiophene rings is 1. The van der Waals surface area contributed by atoms with E-state index >= 15 is 0 Å². The van der Waals surface area contributed by atoms with Crippen molar-refractivity contribution in [3.63, 3.8) is 0 Å². The quantitative estimate of drug-likeness (QED) is 0.679. The number of benzene rings is 1. The molecule has 1 heterocycles. The Morgan fingerprint density at radius 2 is 2.05 bits per heavy atom. The predicted octanol–water partition coefficient (Wildman–Crippen LogP) is 2.89. The molecule has 0 atom stereocenters. The van der Waals surface area contributed by atoms with Crippen LogP contribution in [0.5, 0.6) is 5.75 Å². The lowest BCUT2D eigenvalue weighted by Gasteiger charge is -2.10. The molecule has 2 rings (SSSR count). The van der Waals surface area contributed by atoms with Gasteiger partial charge in [-0.05, 0) is 36.4 Å². The highest BCUT2D eigenvalue weighted by atomic mass is 32.1. The van der Waals surface area contributed by atoms with Crippen molar-refractivity contribution in [2.75, 3.05) is 6.61 Å². The van der Waals surface area contributed by atoms with E-state index in [-0.39, 0.29) is 12.5 Å². The number of aryl methyl sites for hydroxylation is 2. The first kappa shape index (κ1) is 14.3. The second-order valence-corrected chi connectivity index (χ2v) is 5.30. The lowest BCUT2D eigenvalue weighted by atomic mass is 10.1. The highest BCUT2D eigenvalue weighted by molar-refractivity contribution is 7.11. The van der Waals surface area contributed by atoms with E-state index in [1.165, 1.54) is 0 Å². The first-order valence-corrected chi connectivity index (χ1v) is 7.09. The van der Waals surface area contributed by atoms with Crippen LogP contribution in [-0.4, -0.2) is 18.7 Å². The van der Waals surface area contributed by atoms with Crippen molar-refractivity contribution in [2.45, 2.75) is 13.8 Å². The van der Waals surface area contributed by atoms with Crippen LogP contribution in [0.2, 0.25) is 0 Å². The lowest BCUT2D eigenvalue weighted by Crippen LogP contribution is -2.24. The molecule has 0 bridgehead atoms. The fourth-order valence-corrected chi connectivity index (χ4v) is 2.31. The van der Waals surface area contributed by atoms with Crippen LogP contribution in [0.4, 0.5) is 0 Å². The van der Waals surface area contributed by atoms with Gasteiger partial charge < -0.3 is 4.74 Å². The molecule has 0 unspecified atom stereocenters. The Morgan fingerprint density at radius 1 is 1.30 bits per heavy atom. The van der Waals surface area contributed by atoms with Crippen LogP contribution < -0.4 is 10.2 Å². The number of nitrogens with one attached hydrogen (secondary N) is 1. The number of para-hydroxylation sites is 1. The van der Waals surface area contributed by atoms with Gasteiger partial charge in [0.1, 0.15) is 5.75 Å². The lowest BCUT2D eigenvalue weighted by molar-refractivity contribution is -0.123. The molecule has 0 saturated heterocycles. The van der Waals surface area contributed by atoms with Crippen molar-refractivity contribution >= 4 is 23.5 Å². The number of amides is 1. The SMILES string of the molecule is Cc1cccc(C)c1OCC(=O)N/N=C/c1cccs1. The molecular formula is C15H16N2O2S. The van der Waals surface area contributed by atoms with Crippen molar-refractivity contribution in [1.82, 2.24) is 5.43 Å². The van der Waals surface area contributed by atoms with Crippen molar-refractivity contribution in [2.24, 2.45) is 5.10 Å². The highest BCUT2D eigenvalue weighted by Crippen LogP contribution is 2.21. The Labute approximate surface area is 122 Å². The second kappa shape index (κ2) is 6.86. The molecule has 1 aromatic heterocycles. The zero-order chi connectivity index (χ0) is 14.4. The molecule has 1 amide bonds. The van der Waals surface area contributed by atoms with Crippen LogP contribution >= 0.6 is 11.3 Å². The van der Waals surface area contributed by atoms with E-state index in [0.29, 0.717) is 0 Å². The molecule has 1 aromatic carbocycles. The molecule has 4 nitrogen and oxygen atoms in total. The molecule has 5 heteroatoms. The Balaban J connectivity index is 1.83. The maximum Gasteiger partial charge on any atom is 0.277 e. The van der Waals surface area contributed by atoms with E-state index in [2.05, 4.69) is 10.5 Å². The number of carbonyl (C=O) groups is 1. The topological polar surface area (TPSA) is 50.7 Å². The highest BCUT2D eigenvalue weighted by Gasteiger charge is 2.06. The molecule has 0 aliphatic carbocycles. The number of hydrogen-bond donors (Lipinski definition) is 1. The molecule has 104 valence electrons. The van der Waals surface area contributed by atoms with Crippen LogP contribution in [-0.2, 0) is 4.79 Å². The summed E-state index contributed by atoms with van der Waals surface area (Å²) in [6, 6.07) is 9.72. The minimum atomic E-state index is -0.277. The van der Waals surface area contributed by atoms with Gasteiger partial charge >= 0.3 is 0 Å². The van der Waals surface area contributed by atoms with Crippen molar-refractivity contribution < 1.29 is 9.53 Å². The Bertz CT molecular complexity index is 586. The monoisotopic (exact) mass is 288 g/mol.